The highest BCUT2D eigenvalue weighted by atomic mass is 32.1. The second kappa shape index (κ2) is 5.47. The summed E-state index contributed by atoms with van der Waals surface area (Å²) in [6.45, 7) is 2.20. The van der Waals surface area contributed by atoms with Crippen LogP contribution in [0.1, 0.15) is 23.3 Å². The first-order chi connectivity index (χ1) is 9.75. The van der Waals surface area contributed by atoms with Crippen LogP contribution in [0, 0.1) is 0 Å². The molecule has 3 heteroatoms. The van der Waals surface area contributed by atoms with Crippen molar-refractivity contribution in [3.63, 3.8) is 0 Å². The summed E-state index contributed by atoms with van der Waals surface area (Å²) in [6, 6.07) is 20.7. The number of rotatable bonds is 3. The number of benzene rings is 2. The Balaban J connectivity index is 2.07. The van der Waals surface area contributed by atoms with Gasteiger partial charge in [0.15, 0.2) is 5.13 Å². The number of hydrogen-bond acceptors (Lipinski definition) is 3. The molecule has 0 saturated carbocycles. The highest BCUT2D eigenvalue weighted by molar-refractivity contribution is 7.16. The van der Waals surface area contributed by atoms with Crippen LogP contribution >= 0.6 is 11.3 Å². The Morgan fingerprint density at radius 1 is 0.950 bits per heavy atom. The zero-order chi connectivity index (χ0) is 13.9. The minimum absolute atomic E-state index is 0.293. The maximum absolute atomic E-state index is 5.94. The largest absolute Gasteiger partial charge is 0.375 e. The van der Waals surface area contributed by atoms with Crippen molar-refractivity contribution in [3.8, 4) is 11.3 Å². The van der Waals surface area contributed by atoms with Gasteiger partial charge in [-0.05, 0) is 5.56 Å². The summed E-state index contributed by atoms with van der Waals surface area (Å²) in [7, 11) is 0. The number of hydrogen-bond donors (Lipinski definition) is 1. The second-order valence-corrected chi connectivity index (χ2v) is 5.83. The van der Waals surface area contributed by atoms with E-state index in [0.29, 0.717) is 11.0 Å². The predicted molar refractivity (Wildman–Crippen MR) is 85.9 cm³/mol. The van der Waals surface area contributed by atoms with Gasteiger partial charge in [0.2, 0.25) is 0 Å². The molecule has 1 unspecified atom stereocenters. The average Bonchev–Trinajstić information content (AvgIpc) is 2.90. The molecule has 2 aromatic carbocycles. The number of nitrogens with two attached hydrogens (primary N) is 1. The zero-order valence-electron chi connectivity index (χ0n) is 11.3. The lowest BCUT2D eigenvalue weighted by Crippen LogP contribution is -1.95. The van der Waals surface area contributed by atoms with Crippen molar-refractivity contribution < 1.29 is 0 Å². The lowest BCUT2D eigenvalue weighted by atomic mass is 9.96. The molecular formula is C17H16N2S. The third-order valence-electron chi connectivity index (χ3n) is 3.41. The Hall–Kier alpha value is -2.13. The van der Waals surface area contributed by atoms with E-state index in [1.165, 1.54) is 10.4 Å². The van der Waals surface area contributed by atoms with Crippen molar-refractivity contribution in [1.82, 2.24) is 4.98 Å². The van der Waals surface area contributed by atoms with E-state index in [2.05, 4.69) is 48.3 Å². The number of thiazole rings is 1. The first-order valence-electron chi connectivity index (χ1n) is 6.62. The molecule has 0 aliphatic carbocycles. The van der Waals surface area contributed by atoms with Crippen LogP contribution in [-0.2, 0) is 0 Å². The lowest BCUT2D eigenvalue weighted by molar-refractivity contribution is 0.945. The predicted octanol–water partition coefficient (Wildman–Crippen LogP) is 4.54. The van der Waals surface area contributed by atoms with E-state index in [-0.39, 0.29) is 0 Å². The fraction of sp³-hybridized carbons (Fsp3) is 0.118. The Kier molecular flexibility index (Phi) is 3.52. The molecule has 2 N–H and O–H groups in total. The third-order valence-corrected chi connectivity index (χ3v) is 4.48. The van der Waals surface area contributed by atoms with Gasteiger partial charge < -0.3 is 5.73 Å². The van der Waals surface area contributed by atoms with Gasteiger partial charge in [0.1, 0.15) is 0 Å². The zero-order valence-corrected chi connectivity index (χ0v) is 12.1. The molecule has 0 aliphatic rings. The van der Waals surface area contributed by atoms with Gasteiger partial charge in [-0.3, -0.25) is 0 Å². The molecule has 1 atom stereocenters. The van der Waals surface area contributed by atoms with E-state index in [1.807, 2.05) is 24.3 Å². The van der Waals surface area contributed by atoms with Gasteiger partial charge in [0.05, 0.1) is 5.69 Å². The Morgan fingerprint density at radius 3 is 2.20 bits per heavy atom. The van der Waals surface area contributed by atoms with Crippen LogP contribution < -0.4 is 5.73 Å². The molecule has 0 amide bonds. The Morgan fingerprint density at radius 2 is 1.55 bits per heavy atom. The maximum atomic E-state index is 5.94. The molecule has 1 aromatic heterocycles. The van der Waals surface area contributed by atoms with E-state index in [9.17, 15) is 0 Å². The van der Waals surface area contributed by atoms with E-state index in [4.69, 9.17) is 5.73 Å². The molecule has 100 valence electrons. The van der Waals surface area contributed by atoms with Gasteiger partial charge in [0.25, 0.3) is 0 Å². The summed E-state index contributed by atoms with van der Waals surface area (Å²) in [5, 5.41) is 0.627. The van der Waals surface area contributed by atoms with Gasteiger partial charge in [0, 0.05) is 16.4 Å². The smallest absolute Gasteiger partial charge is 0.180 e. The summed E-state index contributed by atoms with van der Waals surface area (Å²) in [5.74, 6) is 0.293. The van der Waals surface area contributed by atoms with Crippen LogP contribution in [0.3, 0.4) is 0 Å². The molecule has 0 aliphatic heterocycles. The summed E-state index contributed by atoms with van der Waals surface area (Å²) in [6.07, 6.45) is 0. The molecule has 1 heterocycles. The lowest BCUT2D eigenvalue weighted by Gasteiger charge is -2.11. The van der Waals surface area contributed by atoms with Gasteiger partial charge in [-0.25, -0.2) is 4.98 Å². The van der Waals surface area contributed by atoms with Crippen LogP contribution in [0.5, 0.6) is 0 Å². The minimum atomic E-state index is 0.293. The summed E-state index contributed by atoms with van der Waals surface area (Å²) in [4.78, 5) is 5.75. The van der Waals surface area contributed by atoms with Crippen LogP contribution in [-0.4, -0.2) is 4.98 Å². The highest BCUT2D eigenvalue weighted by Crippen LogP contribution is 2.37. The first-order valence-corrected chi connectivity index (χ1v) is 7.44. The normalized spacial score (nSPS) is 12.2. The van der Waals surface area contributed by atoms with E-state index in [1.54, 1.807) is 11.3 Å². The molecule has 0 spiro atoms. The molecule has 3 aromatic rings. The van der Waals surface area contributed by atoms with Gasteiger partial charge >= 0.3 is 0 Å². The van der Waals surface area contributed by atoms with Crippen molar-refractivity contribution in [1.29, 1.82) is 0 Å². The molecule has 0 radical (unpaired) electrons. The third kappa shape index (κ3) is 2.45. The first kappa shape index (κ1) is 12.9. The monoisotopic (exact) mass is 280 g/mol. The molecule has 20 heavy (non-hydrogen) atoms. The molecular weight excluding hydrogens is 264 g/mol. The van der Waals surface area contributed by atoms with Crippen molar-refractivity contribution >= 4 is 16.5 Å². The minimum Gasteiger partial charge on any atom is -0.375 e. The second-order valence-electron chi connectivity index (χ2n) is 4.76. The van der Waals surface area contributed by atoms with Crippen LogP contribution in [0.2, 0.25) is 0 Å². The fourth-order valence-corrected chi connectivity index (χ4v) is 3.27. The van der Waals surface area contributed by atoms with Gasteiger partial charge in [-0.1, -0.05) is 67.6 Å². The number of nitrogens with zero attached hydrogens (tertiary/aromatic N) is 1. The molecule has 3 rings (SSSR count). The highest BCUT2D eigenvalue weighted by Gasteiger charge is 2.18. The van der Waals surface area contributed by atoms with E-state index in [0.717, 1.165) is 11.3 Å². The average molecular weight is 280 g/mol. The van der Waals surface area contributed by atoms with Crippen LogP contribution in [0.4, 0.5) is 5.13 Å². The van der Waals surface area contributed by atoms with Crippen molar-refractivity contribution in [2.75, 3.05) is 5.73 Å². The summed E-state index contributed by atoms with van der Waals surface area (Å²) >= 11 is 1.58. The van der Waals surface area contributed by atoms with Crippen molar-refractivity contribution in [2.24, 2.45) is 0 Å². The molecule has 0 bridgehead atoms. The molecule has 2 nitrogen and oxygen atoms in total. The number of nitrogen functional groups attached to an aromatic ring is 1. The topological polar surface area (TPSA) is 38.9 Å². The number of anilines is 1. The molecule has 0 fully saturated rings. The van der Waals surface area contributed by atoms with Crippen molar-refractivity contribution in [2.45, 2.75) is 12.8 Å². The maximum Gasteiger partial charge on any atom is 0.180 e. The van der Waals surface area contributed by atoms with Gasteiger partial charge in [-0.2, -0.15) is 0 Å². The van der Waals surface area contributed by atoms with E-state index < -0.39 is 0 Å². The fourth-order valence-electron chi connectivity index (χ4n) is 2.34. The SMILES string of the molecule is CC(c1ccccc1)c1sc(N)nc1-c1ccccc1. The number of aromatic nitrogens is 1. The Labute approximate surface area is 122 Å². The van der Waals surface area contributed by atoms with Gasteiger partial charge in [-0.15, -0.1) is 11.3 Å². The summed E-state index contributed by atoms with van der Waals surface area (Å²) in [5.41, 5.74) is 9.35. The molecule has 0 saturated heterocycles. The Bertz CT molecular complexity index is 690. The quantitative estimate of drug-likeness (QED) is 0.764. The van der Waals surface area contributed by atoms with Crippen molar-refractivity contribution in [3.05, 3.63) is 71.1 Å². The van der Waals surface area contributed by atoms with Crippen LogP contribution in [0.25, 0.3) is 11.3 Å². The summed E-state index contributed by atoms with van der Waals surface area (Å²) < 4.78 is 0. The van der Waals surface area contributed by atoms with Crippen LogP contribution in [0.15, 0.2) is 60.7 Å². The van der Waals surface area contributed by atoms with E-state index >= 15 is 0 Å². The standard InChI is InChI=1S/C17H16N2S/c1-12(13-8-4-2-5-9-13)16-15(19-17(18)20-16)14-10-6-3-7-11-14/h2-12H,1H3,(H2,18,19).